The van der Waals surface area contributed by atoms with Gasteiger partial charge in [-0.2, -0.15) is 0 Å². The summed E-state index contributed by atoms with van der Waals surface area (Å²) in [5.74, 6) is 1.69. The Morgan fingerprint density at radius 2 is 2.00 bits per heavy atom. The van der Waals surface area contributed by atoms with Crippen molar-refractivity contribution in [2.24, 2.45) is 0 Å². The number of ether oxygens (including phenoxy) is 1. The van der Waals surface area contributed by atoms with E-state index >= 15 is 0 Å². The molecule has 1 aromatic rings. The van der Waals surface area contributed by atoms with Crippen molar-refractivity contribution in [2.45, 2.75) is 31.2 Å². The van der Waals surface area contributed by atoms with Crippen LogP contribution < -0.4 is 10.1 Å². The Balaban J connectivity index is 1.64. The van der Waals surface area contributed by atoms with Gasteiger partial charge in [-0.25, -0.2) is 0 Å². The zero-order chi connectivity index (χ0) is 11.5. The van der Waals surface area contributed by atoms with Gasteiger partial charge in [0.1, 0.15) is 5.75 Å². The third-order valence-corrected chi connectivity index (χ3v) is 3.74. The minimum Gasteiger partial charge on any atom is -0.493 e. The Kier molecular flexibility index (Phi) is 3.14. The van der Waals surface area contributed by atoms with E-state index in [1.54, 1.807) is 0 Å². The first kappa shape index (κ1) is 10.8. The van der Waals surface area contributed by atoms with Gasteiger partial charge in [-0.05, 0) is 30.9 Å². The topological polar surface area (TPSA) is 21.3 Å². The summed E-state index contributed by atoms with van der Waals surface area (Å²) in [6, 6.07) is 9.10. The average molecular weight is 229 g/mol. The Morgan fingerprint density at radius 1 is 1.18 bits per heavy atom. The van der Waals surface area contributed by atoms with Gasteiger partial charge >= 0.3 is 0 Å². The molecule has 0 bridgehead atoms. The quantitative estimate of drug-likeness (QED) is 0.805. The molecule has 0 spiro atoms. The van der Waals surface area contributed by atoms with Crippen molar-refractivity contribution in [1.82, 2.24) is 5.32 Å². The minimum absolute atomic E-state index is 0.612. The van der Waals surface area contributed by atoms with Gasteiger partial charge in [-0.15, -0.1) is 0 Å². The van der Waals surface area contributed by atoms with Crippen LogP contribution in [0.15, 0.2) is 36.4 Å². The number of benzene rings is 1. The predicted octanol–water partition coefficient (Wildman–Crippen LogP) is 2.86. The van der Waals surface area contributed by atoms with Gasteiger partial charge in [-0.1, -0.05) is 30.4 Å². The molecule has 2 aliphatic rings. The molecule has 1 aliphatic heterocycles. The highest BCUT2D eigenvalue weighted by Gasteiger charge is 2.21. The lowest BCUT2D eigenvalue weighted by Gasteiger charge is -2.27. The molecule has 1 N–H and O–H groups in total. The Labute approximate surface area is 103 Å². The summed E-state index contributed by atoms with van der Waals surface area (Å²) in [5, 5.41) is 3.67. The van der Waals surface area contributed by atoms with Crippen LogP contribution in [0.1, 0.15) is 30.7 Å². The maximum absolute atomic E-state index is 5.69. The number of hydrogen-bond donors (Lipinski definition) is 1. The van der Waals surface area contributed by atoms with Gasteiger partial charge in [0.25, 0.3) is 0 Å². The summed E-state index contributed by atoms with van der Waals surface area (Å²) >= 11 is 0. The van der Waals surface area contributed by atoms with Gasteiger partial charge < -0.3 is 10.1 Å². The van der Waals surface area contributed by atoms with Crippen molar-refractivity contribution in [3.8, 4) is 5.75 Å². The number of para-hydroxylation sites is 1. The molecule has 90 valence electrons. The highest BCUT2D eigenvalue weighted by Crippen LogP contribution is 2.32. The molecule has 1 atom stereocenters. The second-order valence-corrected chi connectivity index (χ2v) is 4.92. The van der Waals surface area contributed by atoms with E-state index in [2.05, 4.69) is 41.7 Å². The molecule has 1 unspecified atom stereocenters. The molecule has 17 heavy (non-hydrogen) atoms. The van der Waals surface area contributed by atoms with Crippen LogP contribution in [0.3, 0.4) is 0 Å². The maximum Gasteiger partial charge on any atom is 0.122 e. The first-order valence-electron chi connectivity index (χ1n) is 6.53. The van der Waals surface area contributed by atoms with Crippen molar-refractivity contribution in [1.29, 1.82) is 0 Å². The van der Waals surface area contributed by atoms with Crippen LogP contribution in [-0.4, -0.2) is 19.2 Å². The van der Waals surface area contributed by atoms with E-state index in [9.17, 15) is 0 Å². The standard InChI is InChI=1S/C15H19NO/c1-2-6-13(5-1)16-11-12-9-10-17-15-8-4-3-7-14(12)15/h1-4,7-8,12-13,16H,5-6,9-11H2. The highest BCUT2D eigenvalue weighted by atomic mass is 16.5. The number of fused-ring (bicyclic) bond motifs is 1. The molecule has 0 amide bonds. The monoisotopic (exact) mass is 229 g/mol. The third kappa shape index (κ3) is 2.37. The second kappa shape index (κ2) is 4.92. The van der Waals surface area contributed by atoms with Gasteiger partial charge in [0.2, 0.25) is 0 Å². The van der Waals surface area contributed by atoms with Crippen LogP contribution in [0.25, 0.3) is 0 Å². The summed E-state index contributed by atoms with van der Waals surface area (Å²) in [6.07, 6.45) is 8.05. The average Bonchev–Trinajstić information content (AvgIpc) is 2.89. The van der Waals surface area contributed by atoms with E-state index in [0.29, 0.717) is 12.0 Å². The normalized spacial score (nSPS) is 23.4. The fourth-order valence-electron chi connectivity index (χ4n) is 2.72. The Hall–Kier alpha value is -1.28. The summed E-state index contributed by atoms with van der Waals surface area (Å²) in [6.45, 7) is 1.93. The van der Waals surface area contributed by atoms with Gasteiger partial charge in [-0.3, -0.25) is 0 Å². The van der Waals surface area contributed by atoms with E-state index < -0.39 is 0 Å². The molecule has 1 heterocycles. The smallest absolute Gasteiger partial charge is 0.122 e. The summed E-state index contributed by atoms with van der Waals surface area (Å²) in [5.41, 5.74) is 1.37. The van der Waals surface area contributed by atoms with Gasteiger partial charge in [0.15, 0.2) is 0 Å². The summed E-state index contributed by atoms with van der Waals surface area (Å²) < 4.78 is 5.69. The van der Waals surface area contributed by atoms with Crippen LogP contribution >= 0.6 is 0 Å². The first-order chi connectivity index (χ1) is 8.43. The van der Waals surface area contributed by atoms with E-state index in [-0.39, 0.29) is 0 Å². The van der Waals surface area contributed by atoms with Crippen molar-refractivity contribution in [2.75, 3.05) is 13.2 Å². The molecular formula is C15H19NO. The van der Waals surface area contributed by atoms with Crippen LogP contribution in [0, 0.1) is 0 Å². The van der Waals surface area contributed by atoms with Crippen molar-refractivity contribution in [3.63, 3.8) is 0 Å². The zero-order valence-corrected chi connectivity index (χ0v) is 10.1. The first-order valence-corrected chi connectivity index (χ1v) is 6.53. The SMILES string of the molecule is C1=CCC(NCC2CCOc3ccccc32)C1. The highest BCUT2D eigenvalue weighted by molar-refractivity contribution is 5.37. The lowest BCUT2D eigenvalue weighted by Crippen LogP contribution is -2.32. The fourth-order valence-corrected chi connectivity index (χ4v) is 2.72. The van der Waals surface area contributed by atoms with Crippen molar-refractivity contribution < 1.29 is 4.74 Å². The lowest BCUT2D eigenvalue weighted by molar-refractivity contribution is 0.262. The number of nitrogens with one attached hydrogen (secondary N) is 1. The molecule has 2 nitrogen and oxygen atoms in total. The Morgan fingerprint density at radius 3 is 2.88 bits per heavy atom. The minimum atomic E-state index is 0.612. The van der Waals surface area contributed by atoms with Crippen LogP contribution in [-0.2, 0) is 0 Å². The Bertz CT molecular complexity index is 405. The molecule has 0 saturated heterocycles. The molecule has 2 heteroatoms. The molecule has 0 aromatic heterocycles. The predicted molar refractivity (Wildman–Crippen MR) is 69.5 cm³/mol. The molecule has 0 fully saturated rings. The van der Waals surface area contributed by atoms with Crippen LogP contribution in [0.5, 0.6) is 5.75 Å². The molecule has 0 radical (unpaired) electrons. The number of hydrogen-bond acceptors (Lipinski definition) is 2. The molecular weight excluding hydrogens is 210 g/mol. The fraction of sp³-hybridized carbons (Fsp3) is 0.467. The van der Waals surface area contributed by atoms with Crippen molar-refractivity contribution >= 4 is 0 Å². The molecule has 0 saturated carbocycles. The number of rotatable bonds is 3. The molecule has 1 aromatic carbocycles. The third-order valence-electron chi connectivity index (χ3n) is 3.74. The van der Waals surface area contributed by atoms with E-state index in [0.717, 1.165) is 25.3 Å². The van der Waals surface area contributed by atoms with Gasteiger partial charge in [0, 0.05) is 18.5 Å². The maximum atomic E-state index is 5.69. The largest absolute Gasteiger partial charge is 0.493 e. The van der Waals surface area contributed by atoms with E-state index in [1.807, 2.05) is 0 Å². The van der Waals surface area contributed by atoms with E-state index in [1.165, 1.54) is 18.4 Å². The summed E-state index contributed by atoms with van der Waals surface area (Å²) in [7, 11) is 0. The van der Waals surface area contributed by atoms with Crippen molar-refractivity contribution in [3.05, 3.63) is 42.0 Å². The molecule has 3 rings (SSSR count). The van der Waals surface area contributed by atoms with E-state index in [4.69, 9.17) is 4.74 Å². The van der Waals surface area contributed by atoms with Crippen LogP contribution in [0.2, 0.25) is 0 Å². The summed E-state index contributed by atoms with van der Waals surface area (Å²) in [4.78, 5) is 0. The second-order valence-electron chi connectivity index (χ2n) is 4.92. The van der Waals surface area contributed by atoms with Gasteiger partial charge in [0.05, 0.1) is 6.61 Å². The lowest BCUT2D eigenvalue weighted by atomic mass is 9.93. The molecule has 1 aliphatic carbocycles. The van der Waals surface area contributed by atoms with Crippen LogP contribution in [0.4, 0.5) is 0 Å². The zero-order valence-electron chi connectivity index (χ0n) is 10.1.